The summed E-state index contributed by atoms with van der Waals surface area (Å²) in [5.41, 5.74) is -0.945. The van der Waals surface area contributed by atoms with E-state index in [1.807, 2.05) is 6.07 Å². The van der Waals surface area contributed by atoms with Crippen LogP contribution in [0.2, 0.25) is 0 Å². The van der Waals surface area contributed by atoms with Gasteiger partial charge in [0.25, 0.3) is 4.92 Å². The van der Waals surface area contributed by atoms with Crippen LogP contribution in [0.3, 0.4) is 0 Å². The molecule has 0 aromatic heterocycles. The van der Waals surface area contributed by atoms with Crippen molar-refractivity contribution in [3.63, 3.8) is 0 Å². The van der Waals surface area contributed by atoms with Gasteiger partial charge in [-0.25, -0.2) is 5.21 Å². The molecule has 0 amide bonds. The van der Waals surface area contributed by atoms with Crippen LogP contribution in [0.5, 0.6) is 11.5 Å². The van der Waals surface area contributed by atoms with Gasteiger partial charge in [0, 0.05) is 11.8 Å². The van der Waals surface area contributed by atoms with Gasteiger partial charge < -0.3 is 15.5 Å². The molecule has 0 spiro atoms. The average molecular weight is 377 g/mol. The van der Waals surface area contributed by atoms with E-state index in [0.717, 1.165) is 12.1 Å². The maximum Gasteiger partial charge on any atom is 0.328 e. The summed E-state index contributed by atoms with van der Waals surface area (Å²) in [7, 11) is 0. The number of aromatic hydroxyl groups is 2. The van der Waals surface area contributed by atoms with Crippen LogP contribution in [-0.2, 0) is 0 Å². The Balaban J connectivity index is 1.98. The third-order valence-corrected chi connectivity index (χ3v) is 4.51. The number of phenolic OH excluding ortho intramolecular Hbond substituents is 2. The lowest BCUT2D eigenvalue weighted by molar-refractivity contribution is -0.729. The van der Waals surface area contributed by atoms with Crippen molar-refractivity contribution in [2.45, 2.75) is 0 Å². The van der Waals surface area contributed by atoms with Crippen molar-refractivity contribution in [3.8, 4) is 11.5 Å². The van der Waals surface area contributed by atoms with E-state index in [-0.39, 0.29) is 16.8 Å². The van der Waals surface area contributed by atoms with Crippen LogP contribution in [0.1, 0.15) is 31.8 Å². The van der Waals surface area contributed by atoms with E-state index in [4.69, 9.17) is 0 Å². The monoisotopic (exact) mass is 377 g/mol. The third kappa shape index (κ3) is 2.47. The van der Waals surface area contributed by atoms with Gasteiger partial charge in [0.05, 0.1) is 27.3 Å². The summed E-state index contributed by atoms with van der Waals surface area (Å²) < 4.78 is 0. The Bertz CT molecular complexity index is 1170. The van der Waals surface area contributed by atoms with Gasteiger partial charge in [0.1, 0.15) is 17.1 Å². The van der Waals surface area contributed by atoms with Crippen molar-refractivity contribution in [1.29, 1.82) is 0 Å². The molecule has 0 radical (unpaired) electrons. The van der Waals surface area contributed by atoms with Crippen molar-refractivity contribution in [1.82, 2.24) is 0 Å². The summed E-state index contributed by atoms with van der Waals surface area (Å²) in [6, 6.07) is 13.6. The molecule has 0 unspecified atom stereocenters. The molecule has 3 aromatic rings. The molecule has 8 nitrogen and oxygen atoms in total. The Morgan fingerprint density at radius 1 is 0.714 bits per heavy atom. The summed E-state index contributed by atoms with van der Waals surface area (Å²) in [6.07, 6.45) is 0. The maximum absolute atomic E-state index is 13.1. The highest BCUT2D eigenvalue weighted by molar-refractivity contribution is 6.33. The number of nitrogens with zero attached hydrogens (tertiary/aromatic N) is 1. The highest BCUT2D eigenvalue weighted by atomic mass is 16.6. The van der Waals surface area contributed by atoms with E-state index in [1.54, 1.807) is 24.3 Å². The third-order valence-electron chi connectivity index (χ3n) is 4.51. The molecule has 4 N–H and O–H groups in total. The number of benzene rings is 3. The predicted molar refractivity (Wildman–Crippen MR) is 97.9 cm³/mol. The smallest absolute Gasteiger partial charge is 0.328 e. The molecule has 138 valence electrons. The van der Waals surface area contributed by atoms with Crippen LogP contribution in [0.25, 0.3) is 0 Å². The summed E-state index contributed by atoms with van der Waals surface area (Å²) >= 11 is 0. The molecule has 0 aliphatic heterocycles. The Hall–Kier alpha value is -4.20. The van der Waals surface area contributed by atoms with Gasteiger partial charge >= 0.3 is 5.69 Å². The normalized spacial score (nSPS) is 12.3. The van der Waals surface area contributed by atoms with Gasteiger partial charge in [0.2, 0.25) is 11.6 Å². The van der Waals surface area contributed by atoms with E-state index in [1.165, 1.54) is 12.1 Å². The van der Waals surface area contributed by atoms with Gasteiger partial charge in [-0.05, 0) is 30.3 Å². The number of phenols is 2. The molecule has 0 saturated heterocycles. The second kappa shape index (κ2) is 6.20. The van der Waals surface area contributed by atoms with Crippen LogP contribution in [0.15, 0.2) is 54.6 Å². The Morgan fingerprint density at radius 2 is 1.29 bits per heavy atom. The summed E-state index contributed by atoms with van der Waals surface area (Å²) in [5, 5.41) is 32.7. The quantitative estimate of drug-likeness (QED) is 0.318. The Labute approximate surface area is 157 Å². The van der Waals surface area contributed by atoms with Crippen molar-refractivity contribution in [2.75, 3.05) is 5.32 Å². The first kappa shape index (κ1) is 17.2. The fourth-order valence-electron chi connectivity index (χ4n) is 3.29. The number of nitrogens with one attached hydrogen (secondary N) is 1. The predicted octanol–water partition coefficient (Wildman–Crippen LogP) is 3.42. The lowest BCUT2D eigenvalue weighted by atomic mass is 9.81. The number of anilines is 2. The van der Waals surface area contributed by atoms with Gasteiger partial charge in [-0.1, -0.05) is 18.2 Å². The lowest BCUT2D eigenvalue weighted by Gasteiger charge is -2.21. The average Bonchev–Trinajstić information content (AvgIpc) is 2.67. The van der Waals surface area contributed by atoms with Crippen LogP contribution in [0.4, 0.5) is 17.1 Å². The molecule has 0 bridgehead atoms. The first-order valence-corrected chi connectivity index (χ1v) is 8.19. The molecule has 8 heteroatoms. The van der Waals surface area contributed by atoms with E-state index >= 15 is 0 Å². The zero-order chi connectivity index (χ0) is 20.0. The fraction of sp³-hybridized carbons (Fsp3) is 0. The van der Waals surface area contributed by atoms with Crippen molar-refractivity contribution >= 4 is 28.6 Å². The number of carbonyl (C=O) groups is 2. The minimum absolute atomic E-state index is 0.135. The molecule has 4 rings (SSSR count). The van der Waals surface area contributed by atoms with Crippen molar-refractivity contribution in [3.05, 3.63) is 81.8 Å². The highest BCUT2D eigenvalue weighted by Crippen LogP contribution is 2.43. The highest BCUT2D eigenvalue weighted by Gasteiger charge is 2.41. The second-order valence-electron chi connectivity index (χ2n) is 6.16. The van der Waals surface area contributed by atoms with Gasteiger partial charge in [0.15, 0.2) is 0 Å². The molecule has 1 aliphatic carbocycles. The molecule has 0 atom stereocenters. The number of rotatable bonds is 3. The summed E-state index contributed by atoms with van der Waals surface area (Å²) in [6.45, 7) is 0. The van der Waals surface area contributed by atoms with E-state index < -0.39 is 44.8 Å². The van der Waals surface area contributed by atoms with E-state index in [9.17, 15) is 29.9 Å². The van der Waals surface area contributed by atoms with Gasteiger partial charge in [-0.3, -0.25) is 9.59 Å². The number of ketones is 2. The van der Waals surface area contributed by atoms with Crippen LogP contribution >= 0.6 is 0 Å². The Morgan fingerprint density at radius 3 is 1.93 bits per heavy atom. The van der Waals surface area contributed by atoms with Gasteiger partial charge in [-0.15, -0.1) is 0 Å². The molecule has 0 heterocycles. The first-order chi connectivity index (χ1) is 13.4. The molecular formula is C20H13N2O6+. The molecule has 0 saturated carbocycles. The Kier molecular flexibility index (Phi) is 3.82. The number of para-hydroxylation sites is 1. The minimum Gasteiger partial charge on any atom is -0.507 e. The van der Waals surface area contributed by atoms with Crippen molar-refractivity contribution in [2.24, 2.45) is 0 Å². The number of hydrogen-bond donors (Lipinski definition) is 4. The molecule has 3 aromatic carbocycles. The second-order valence-corrected chi connectivity index (χ2v) is 6.16. The number of hydrogen-bond acceptors (Lipinski definition) is 6. The summed E-state index contributed by atoms with van der Waals surface area (Å²) in [4.78, 5) is 37.1. The van der Waals surface area contributed by atoms with E-state index in [0.29, 0.717) is 5.69 Å². The zero-order valence-electron chi connectivity index (χ0n) is 14.2. The minimum atomic E-state index is -0.861. The number of carbonyl (C=O) groups excluding carboxylic acids is 2. The molecule has 0 fully saturated rings. The zero-order valence-corrected chi connectivity index (χ0v) is 14.2. The topological polar surface area (TPSA) is 127 Å². The van der Waals surface area contributed by atoms with Crippen LogP contribution in [-0.4, -0.2) is 31.9 Å². The largest absolute Gasteiger partial charge is 0.507 e. The molecule has 28 heavy (non-hydrogen) atoms. The standard InChI is InChI=1S/C20H12N2O6/c23-13-8-6-11(21-10-4-2-1-3-5-10)15-17(13)20(26)16-12(22(27)28)7-9-14(24)18(16)19(15)25/h1-9H,(H3-,21,23,24,25,26,27,28)/p+1. The maximum atomic E-state index is 13.1. The van der Waals surface area contributed by atoms with E-state index in [2.05, 4.69) is 5.32 Å². The van der Waals surface area contributed by atoms with Crippen LogP contribution < -0.4 is 5.32 Å². The SMILES string of the molecule is O=C1c2c(O)ccc([N+](=O)O)c2C(=O)c2c(O)ccc(Nc3ccccc3)c21. The van der Waals surface area contributed by atoms with Crippen molar-refractivity contribution < 1.29 is 29.9 Å². The molecular weight excluding hydrogens is 364 g/mol. The molecule has 1 aliphatic rings. The summed E-state index contributed by atoms with van der Waals surface area (Å²) in [5.74, 6) is -2.60. The lowest BCUT2D eigenvalue weighted by Crippen LogP contribution is -2.24. The number of fused-ring (bicyclic) bond motifs is 2. The first-order valence-electron chi connectivity index (χ1n) is 8.19. The van der Waals surface area contributed by atoms with Gasteiger partial charge in [-0.2, -0.15) is 0 Å². The fourth-order valence-corrected chi connectivity index (χ4v) is 3.29. The van der Waals surface area contributed by atoms with Crippen LogP contribution in [0, 0.1) is 4.91 Å².